The number of imidazole rings is 1. The predicted octanol–water partition coefficient (Wildman–Crippen LogP) is 3.60. The lowest BCUT2D eigenvalue weighted by Crippen LogP contribution is -2.38. The lowest BCUT2D eigenvalue weighted by molar-refractivity contribution is -0.566. The number of ketones is 2. The van der Waals surface area contributed by atoms with Gasteiger partial charge in [0.1, 0.15) is 17.2 Å². The van der Waals surface area contributed by atoms with Gasteiger partial charge in [-0.2, -0.15) is 0 Å². The number of benzene rings is 1. The summed E-state index contributed by atoms with van der Waals surface area (Å²) in [5, 5.41) is 11.8. The maximum Gasteiger partial charge on any atom is 0.226 e. The molecule has 2 aromatic rings. The zero-order valence-corrected chi connectivity index (χ0v) is 16.7. The largest absolute Gasteiger partial charge is 0.328 e. The summed E-state index contributed by atoms with van der Waals surface area (Å²) in [5.41, 5.74) is -0.210. The van der Waals surface area contributed by atoms with E-state index in [0.29, 0.717) is 29.3 Å². The van der Waals surface area contributed by atoms with Crippen molar-refractivity contribution >= 4 is 11.6 Å². The van der Waals surface area contributed by atoms with Crippen molar-refractivity contribution in [2.75, 3.05) is 0 Å². The molecule has 1 heterocycles. The fraction of sp³-hybridized carbons (Fsp3) is 0.476. The maximum absolute atomic E-state index is 12.9. The third-order valence-electron chi connectivity index (χ3n) is 5.51. The number of nitro groups is 1. The number of rotatable bonds is 7. The smallest absolute Gasteiger partial charge is 0.226 e. The first-order valence-corrected chi connectivity index (χ1v) is 9.54. The number of carbonyl (C=O) groups is 2. The van der Waals surface area contributed by atoms with Crippen molar-refractivity contribution in [2.24, 2.45) is 13.0 Å². The van der Waals surface area contributed by atoms with Crippen molar-refractivity contribution in [1.29, 1.82) is 0 Å². The molecule has 0 saturated heterocycles. The first kappa shape index (κ1) is 19.9. The average Bonchev–Trinajstić information content (AvgIpc) is 2.96. The predicted molar refractivity (Wildman–Crippen MR) is 104 cm³/mol. The topological polar surface area (TPSA) is 95.1 Å². The Labute approximate surface area is 163 Å². The van der Waals surface area contributed by atoms with Crippen LogP contribution in [0.1, 0.15) is 78.0 Å². The Balaban J connectivity index is 1.95. The Hall–Kier alpha value is -2.83. The molecule has 0 radical (unpaired) electrons. The SMILES string of the molecule is CC(C)CCCC(C)(Cc1nc2c(n1C)C(=O)c1ccccc1C2=O)[N+](=O)[O-]. The van der Waals surface area contributed by atoms with Crippen molar-refractivity contribution in [1.82, 2.24) is 9.55 Å². The van der Waals surface area contributed by atoms with Crippen LogP contribution >= 0.6 is 0 Å². The van der Waals surface area contributed by atoms with Crippen LogP contribution in [0.4, 0.5) is 0 Å². The Morgan fingerprint density at radius 3 is 2.36 bits per heavy atom. The van der Waals surface area contributed by atoms with E-state index < -0.39 is 5.54 Å². The second kappa shape index (κ2) is 7.30. The minimum atomic E-state index is -1.20. The summed E-state index contributed by atoms with van der Waals surface area (Å²) in [7, 11) is 1.65. The van der Waals surface area contributed by atoms with Crippen molar-refractivity contribution in [2.45, 2.75) is 52.0 Å². The summed E-state index contributed by atoms with van der Waals surface area (Å²) in [4.78, 5) is 41.6. The molecular weight excluding hydrogens is 358 g/mol. The third-order valence-corrected chi connectivity index (χ3v) is 5.51. The molecule has 1 atom stereocenters. The summed E-state index contributed by atoms with van der Waals surface area (Å²) in [6.45, 7) is 5.79. The van der Waals surface area contributed by atoms with Crippen molar-refractivity contribution in [3.05, 3.63) is 62.7 Å². The van der Waals surface area contributed by atoms with Crippen LogP contribution in [-0.4, -0.2) is 31.6 Å². The lowest BCUT2D eigenvalue weighted by Gasteiger charge is -2.21. The van der Waals surface area contributed by atoms with E-state index in [1.165, 1.54) is 0 Å². The quantitative estimate of drug-likeness (QED) is 0.459. The van der Waals surface area contributed by atoms with Crippen LogP contribution in [0.5, 0.6) is 0 Å². The van der Waals surface area contributed by atoms with Crippen molar-refractivity contribution < 1.29 is 14.5 Å². The summed E-state index contributed by atoms with van der Waals surface area (Å²) >= 11 is 0. The highest BCUT2D eigenvalue weighted by Crippen LogP contribution is 2.30. The number of carbonyl (C=O) groups excluding carboxylic acids is 2. The number of nitrogens with zero attached hydrogens (tertiary/aromatic N) is 3. The first-order chi connectivity index (χ1) is 13.2. The Kier molecular flexibility index (Phi) is 5.19. The standard InChI is InChI=1S/C21H25N3O4/c1-13(2)8-7-11-21(3,24(27)28)12-16-22-17-18(23(16)4)20(26)15-10-6-5-9-14(15)19(17)25/h5-6,9-10,13H,7-8,11-12H2,1-4H3. The fourth-order valence-electron chi connectivity index (χ4n) is 3.73. The van der Waals surface area contributed by atoms with Gasteiger partial charge in [-0.15, -0.1) is 0 Å². The van der Waals surface area contributed by atoms with Crippen LogP contribution in [0.2, 0.25) is 0 Å². The highest BCUT2D eigenvalue weighted by molar-refractivity contribution is 6.27. The summed E-state index contributed by atoms with van der Waals surface area (Å²) in [6, 6.07) is 6.65. The molecule has 0 amide bonds. The molecule has 3 rings (SSSR count). The molecule has 28 heavy (non-hydrogen) atoms. The first-order valence-electron chi connectivity index (χ1n) is 9.54. The molecule has 1 aromatic heterocycles. The van der Waals surface area contributed by atoms with Crippen LogP contribution in [0.25, 0.3) is 0 Å². The lowest BCUT2D eigenvalue weighted by atomic mass is 9.90. The molecule has 0 N–H and O–H groups in total. The molecule has 0 fully saturated rings. The van der Waals surface area contributed by atoms with Gasteiger partial charge >= 0.3 is 0 Å². The molecule has 1 aliphatic rings. The van der Waals surface area contributed by atoms with E-state index in [2.05, 4.69) is 18.8 Å². The fourth-order valence-corrected chi connectivity index (χ4v) is 3.73. The van der Waals surface area contributed by atoms with Gasteiger partial charge in [0.15, 0.2) is 0 Å². The van der Waals surface area contributed by atoms with E-state index >= 15 is 0 Å². The van der Waals surface area contributed by atoms with Crippen molar-refractivity contribution in [3.63, 3.8) is 0 Å². The normalized spacial score (nSPS) is 15.3. The molecule has 7 nitrogen and oxygen atoms in total. The molecule has 0 bridgehead atoms. The second-order valence-electron chi connectivity index (χ2n) is 8.20. The van der Waals surface area contributed by atoms with Gasteiger partial charge in [-0.25, -0.2) is 4.98 Å². The third kappa shape index (κ3) is 3.37. The Morgan fingerprint density at radius 1 is 1.18 bits per heavy atom. The zero-order chi connectivity index (χ0) is 20.6. The average molecular weight is 383 g/mol. The van der Waals surface area contributed by atoms with Crippen LogP contribution in [-0.2, 0) is 13.5 Å². The molecule has 1 aromatic carbocycles. The molecular formula is C21H25N3O4. The van der Waals surface area contributed by atoms with Gasteiger partial charge < -0.3 is 4.57 Å². The van der Waals surface area contributed by atoms with Gasteiger partial charge in [0.25, 0.3) is 0 Å². The van der Waals surface area contributed by atoms with E-state index in [9.17, 15) is 19.7 Å². The Bertz CT molecular complexity index is 961. The second-order valence-corrected chi connectivity index (χ2v) is 8.20. The highest BCUT2D eigenvalue weighted by Gasteiger charge is 2.41. The summed E-state index contributed by atoms with van der Waals surface area (Å²) in [5.74, 6) is 0.289. The van der Waals surface area contributed by atoms with Crippen LogP contribution in [0.3, 0.4) is 0 Å². The molecule has 148 valence electrons. The summed E-state index contributed by atoms with van der Waals surface area (Å²) in [6.07, 6.45) is 2.13. The molecule has 0 spiro atoms. The number of hydrogen-bond donors (Lipinski definition) is 0. The van der Waals surface area contributed by atoms with Crippen LogP contribution in [0.15, 0.2) is 24.3 Å². The number of fused-ring (bicyclic) bond motifs is 2. The molecule has 1 aliphatic carbocycles. The van der Waals surface area contributed by atoms with Crippen molar-refractivity contribution in [3.8, 4) is 0 Å². The van der Waals surface area contributed by atoms with E-state index in [4.69, 9.17) is 0 Å². The number of aromatic nitrogens is 2. The van der Waals surface area contributed by atoms with Gasteiger partial charge in [-0.1, -0.05) is 44.5 Å². The van der Waals surface area contributed by atoms with E-state index in [1.807, 2.05) is 0 Å². The van der Waals surface area contributed by atoms with Gasteiger partial charge in [-0.05, 0) is 12.3 Å². The minimum absolute atomic E-state index is 0.0680. The molecule has 7 heteroatoms. The van der Waals surface area contributed by atoms with Gasteiger partial charge in [0.2, 0.25) is 17.1 Å². The van der Waals surface area contributed by atoms with E-state index in [1.54, 1.807) is 42.8 Å². The van der Waals surface area contributed by atoms with Crippen LogP contribution in [0, 0.1) is 16.0 Å². The van der Waals surface area contributed by atoms with Gasteiger partial charge in [0, 0.05) is 36.4 Å². The number of hydrogen-bond acceptors (Lipinski definition) is 5. The minimum Gasteiger partial charge on any atom is -0.328 e. The monoisotopic (exact) mass is 383 g/mol. The molecule has 1 unspecified atom stereocenters. The summed E-state index contributed by atoms with van der Waals surface area (Å²) < 4.78 is 1.55. The Morgan fingerprint density at radius 2 is 1.79 bits per heavy atom. The van der Waals surface area contributed by atoms with E-state index in [-0.39, 0.29) is 34.3 Å². The highest BCUT2D eigenvalue weighted by atomic mass is 16.6. The van der Waals surface area contributed by atoms with Gasteiger partial charge in [-0.3, -0.25) is 19.7 Å². The zero-order valence-electron chi connectivity index (χ0n) is 16.7. The van der Waals surface area contributed by atoms with E-state index in [0.717, 1.165) is 12.8 Å². The molecule has 0 aliphatic heterocycles. The molecule has 0 saturated carbocycles. The van der Waals surface area contributed by atoms with Gasteiger partial charge in [0.05, 0.1) is 6.42 Å². The maximum atomic E-state index is 12.9. The van der Waals surface area contributed by atoms with Crippen LogP contribution < -0.4 is 0 Å².